The number of hydrogen-bond donors (Lipinski definition) is 1. The number of benzene rings is 2. The van der Waals surface area contributed by atoms with Crippen molar-refractivity contribution in [2.24, 2.45) is 0 Å². The zero-order valence-electron chi connectivity index (χ0n) is 18.5. The summed E-state index contributed by atoms with van der Waals surface area (Å²) in [5.41, 5.74) is 2.82. The summed E-state index contributed by atoms with van der Waals surface area (Å²) in [7, 11) is 0. The highest BCUT2D eigenvalue weighted by molar-refractivity contribution is 8.00. The highest BCUT2D eigenvalue weighted by Gasteiger charge is 2.24. The fourth-order valence-electron chi connectivity index (χ4n) is 4.04. The normalized spacial score (nSPS) is 18.2. The van der Waals surface area contributed by atoms with Crippen molar-refractivity contribution in [3.8, 4) is 22.8 Å². The van der Waals surface area contributed by atoms with E-state index in [0.717, 1.165) is 42.4 Å². The molecule has 1 fully saturated rings. The molecule has 3 heterocycles. The molecule has 33 heavy (non-hydrogen) atoms. The summed E-state index contributed by atoms with van der Waals surface area (Å²) < 4.78 is 19.2. The molecule has 2 aliphatic heterocycles. The number of aromatic nitrogens is 2. The quantitative estimate of drug-likeness (QED) is 0.513. The summed E-state index contributed by atoms with van der Waals surface area (Å²) >= 11 is 1.45. The van der Waals surface area contributed by atoms with Gasteiger partial charge in [0.25, 0.3) is 0 Å². The standard InChI is InChI=1S/C25H27N3O4S/c1-17(24(29)27-19-9-10-22-23(14-19)32-13-12-31-22)33-25-26-15-21(18-6-3-2-4-7-18)28(25)16-20-8-5-11-30-20/h2-4,6-7,9-10,14-15,17,20H,5,8,11-13,16H2,1H3,(H,27,29). The number of amides is 1. The van der Waals surface area contributed by atoms with Crippen LogP contribution < -0.4 is 14.8 Å². The predicted octanol–water partition coefficient (Wildman–Crippen LogP) is 4.62. The molecule has 2 aliphatic rings. The number of anilines is 1. The van der Waals surface area contributed by atoms with E-state index in [1.54, 1.807) is 6.07 Å². The molecule has 5 rings (SSSR count). The Balaban J connectivity index is 1.32. The van der Waals surface area contributed by atoms with E-state index in [9.17, 15) is 4.79 Å². The Morgan fingerprint density at radius 2 is 1.97 bits per heavy atom. The van der Waals surface area contributed by atoms with Crippen molar-refractivity contribution in [2.75, 3.05) is 25.1 Å². The fraction of sp³-hybridized carbons (Fsp3) is 0.360. The molecule has 2 aromatic carbocycles. The van der Waals surface area contributed by atoms with Crippen molar-refractivity contribution in [3.05, 3.63) is 54.7 Å². The number of nitrogens with one attached hydrogen (secondary N) is 1. The lowest BCUT2D eigenvalue weighted by Gasteiger charge is -2.20. The Morgan fingerprint density at radius 1 is 1.15 bits per heavy atom. The summed E-state index contributed by atoms with van der Waals surface area (Å²) in [6, 6.07) is 15.7. The van der Waals surface area contributed by atoms with Gasteiger partial charge in [-0.3, -0.25) is 4.79 Å². The summed E-state index contributed by atoms with van der Waals surface area (Å²) in [4.78, 5) is 17.6. The molecule has 8 heteroatoms. The molecule has 0 bridgehead atoms. The minimum atomic E-state index is -0.340. The van der Waals surface area contributed by atoms with Crippen molar-refractivity contribution in [2.45, 2.75) is 42.8 Å². The van der Waals surface area contributed by atoms with Gasteiger partial charge in [-0.05, 0) is 37.5 Å². The number of imidazole rings is 1. The van der Waals surface area contributed by atoms with Crippen LogP contribution in [0.4, 0.5) is 5.69 Å². The van der Waals surface area contributed by atoms with Gasteiger partial charge in [0.2, 0.25) is 5.91 Å². The molecule has 1 aromatic heterocycles. The van der Waals surface area contributed by atoms with Gasteiger partial charge in [0.05, 0.1) is 29.8 Å². The van der Waals surface area contributed by atoms with E-state index in [1.807, 2.05) is 43.5 Å². The summed E-state index contributed by atoms with van der Waals surface area (Å²) in [5.74, 6) is 1.26. The Kier molecular flexibility index (Phi) is 6.55. The molecule has 1 N–H and O–H groups in total. The van der Waals surface area contributed by atoms with Gasteiger partial charge in [-0.15, -0.1) is 0 Å². The van der Waals surface area contributed by atoms with E-state index >= 15 is 0 Å². The topological polar surface area (TPSA) is 74.6 Å². The number of hydrogen-bond acceptors (Lipinski definition) is 6. The van der Waals surface area contributed by atoms with Crippen LogP contribution in [0.3, 0.4) is 0 Å². The third kappa shape index (κ3) is 5.02. The Bertz CT molecular complexity index is 1110. The molecule has 1 amide bonds. The maximum atomic E-state index is 13.0. The average Bonchev–Trinajstić information content (AvgIpc) is 3.50. The molecule has 0 spiro atoms. The smallest absolute Gasteiger partial charge is 0.237 e. The molecule has 1 saturated heterocycles. The minimum Gasteiger partial charge on any atom is -0.486 e. The summed E-state index contributed by atoms with van der Waals surface area (Å²) in [5, 5.41) is 3.46. The Hall–Kier alpha value is -2.97. The van der Waals surface area contributed by atoms with Crippen LogP contribution in [0.2, 0.25) is 0 Å². The van der Waals surface area contributed by atoms with E-state index in [4.69, 9.17) is 14.2 Å². The van der Waals surface area contributed by atoms with Gasteiger partial charge < -0.3 is 24.1 Å². The molecule has 0 saturated carbocycles. The second-order valence-corrected chi connectivity index (χ2v) is 9.45. The van der Waals surface area contributed by atoms with E-state index in [0.29, 0.717) is 30.4 Å². The molecule has 172 valence electrons. The van der Waals surface area contributed by atoms with Crippen molar-refractivity contribution in [1.29, 1.82) is 0 Å². The summed E-state index contributed by atoms with van der Waals surface area (Å²) in [6.07, 6.45) is 4.17. The van der Waals surface area contributed by atoms with Crippen molar-refractivity contribution < 1.29 is 19.0 Å². The molecule has 7 nitrogen and oxygen atoms in total. The van der Waals surface area contributed by atoms with Gasteiger partial charge in [0.1, 0.15) is 13.2 Å². The highest BCUT2D eigenvalue weighted by Crippen LogP contribution is 2.34. The molecule has 3 aromatic rings. The van der Waals surface area contributed by atoms with E-state index in [1.165, 1.54) is 11.8 Å². The minimum absolute atomic E-state index is 0.0930. The number of ether oxygens (including phenoxy) is 3. The zero-order valence-corrected chi connectivity index (χ0v) is 19.3. The van der Waals surface area contributed by atoms with Gasteiger partial charge in [-0.1, -0.05) is 42.1 Å². The van der Waals surface area contributed by atoms with Crippen LogP contribution in [0.1, 0.15) is 19.8 Å². The lowest BCUT2D eigenvalue weighted by Crippen LogP contribution is -2.24. The first-order chi connectivity index (χ1) is 16.2. The van der Waals surface area contributed by atoms with Gasteiger partial charge in [-0.2, -0.15) is 0 Å². The predicted molar refractivity (Wildman–Crippen MR) is 128 cm³/mol. The number of fused-ring (bicyclic) bond motifs is 1. The second kappa shape index (κ2) is 9.89. The van der Waals surface area contributed by atoms with Gasteiger partial charge in [-0.25, -0.2) is 4.98 Å². The highest BCUT2D eigenvalue weighted by atomic mass is 32.2. The number of carbonyl (C=O) groups excluding carboxylic acids is 1. The van der Waals surface area contributed by atoms with E-state index < -0.39 is 0 Å². The monoisotopic (exact) mass is 465 g/mol. The third-order valence-corrected chi connectivity index (χ3v) is 6.86. The molecule has 0 radical (unpaired) electrons. The van der Waals surface area contributed by atoms with Crippen molar-refractivity contribution >= 4 is 23.4 Å². The molecule has 2 atom stereocenters. The van der Waals surface area contributed by atoms with Gasteiger partial charge in [0.15, 0.2) is 16.7 Å². The van der Waals surface area contributed by atoms with Gasteiger partial charge >= 0.3 is 0 Å². The van der Waals surface area contributed by atoms with Crippen LogP contribution in [0.5, 0.6) is 11.5 Å². The molecular formula is C25H27N3O4S. The van der Waals surface area contributed by atoms with Crippen LogP contribution in [0.25, 0.3) is 11.3 Å². The lowest BCUT2D eigenvalue weighted by atomic mass is 10.1. The molecule has 0 aliphatic carbocycles. The van der Waals surface area contributed by atoms with E-state index in [2.05, 4.69) is 27.0 Å². The van der Waals surface area contributed by atoms with E-state index in [-0.39, 0.29) is 17.3 Å². The largest absolute Gasteiger partial charge is 0.486 e. The lowest BCUT2D eigenvalue weighted by molar-refractivity contribution is -0.115. The van der Waals surface area contributed by atoms with Gasteiger partial charge in [0, 0.05) is 18.4 Å². The average molecular weight is 466 g/mol. The molecular weight excluding hydrogens is 438 g/mol. The Labute approximate surface area is 197 Å². The SMILES string of the molecule is CC(Sc1ncc(-c2ccccc2)n1CC1CCCO1)C(=O)Nc1ccc2c(c1)OCCO2. The van der Waals surface area contributed by atoms with Crippen molar-refractivity contribution in [3.63, 3.8) is 0 Å². The molecule has 2 unspecified atom stereocenters. The van der Waals surface area contributed by atoms with Crippen molar-refractivity contribution in [1.82, 2.24) is 9.55 Å². The summed E-state index contributed by atoms with van der Waals surface area (Å²) in [6.45, 7) is 4.47. The number of carbonyl (C=O) groups is 1. The first-order valence-corrected chi connectivity index (χ1v) is 12.1. The first kappa shape index (κ1) is 21.9. The third-order valence-electron chi connectivity index (χ3n) is 5.76. The fourth-order valence-corrected chi connectivity index (χ4v) is 4.93. The maximum Gasteiger partial charge on any atom is 0.237 e. The van der Waals surface area contributed by atoms with Crippen LogP contribution in [0, 0.1) is 0 Å². The van der Waals surface area contributed by atoms with Crippen LogP contribution in [0.15, 0.2) is 59.9 Å². The number of rotatable bonds is 7. The van der Waals surface area contributed by atoms with Crippen LogP contribution >= 0.6 is 11.8 Å². The van der Waals surface area contributed by atoms with Crippen LogP contribution in [-0.4, -0.2) is 46.6 Å². The Morgan fingerprint density at radius 3 is 2.76 bits per heavy atom. The van der Waals surface area contributed by atoms with Crippen LogP contribution in [-0.2, 0) is 16.1 Å². The first-order valence-electron chi connectivity index (χ1n) is 11.3. The maximum absolute atomic E-state index is 13.0. The zero-order chi connectivity index (χ0) is 22.6. The number of thioether (sulfide) groups is 1. The number of nitrogens with zero attached hydrogens (tertiary/aromatic N) is 2. The second-order valence-electron chi connectivity index (χ2n) is 8.15.